The van der Waals surface area contributed by atoms with Crippen LogP contribution in [0.3, 0.4) is 0 Å². The van der Waals surface area contributed by atoms with Crippen molar-refractivity contribution in [3.63, 3.8) is 0 Å². The van der Waals surface area contributed by atoms with Gasteiger partial charge < -0.3 is 14.5 Å². The summed E-state index contributed by atoms with van der Waals surface area (Å²) in [6.07, 6.45) is -1.14. The van der Waals surface area contributed by atoms with Gasteiger partial charge in [0.15, 0.2) is 17.1 Å². The number of carbonyl (C=O) groups is 2. The first-order chi connectivity index (χ1) is 16.4. The molecule has 0 bridgehead atoms. The largest absolute Gasteiger partial charge is 0.455 e. The summed E-state index contributed by atoms with van der Waals surface area (Å²) in [7, 11) is 0. The van der Waals surface area contributed by atoms with E-state index in [0.717, 1.165) is 0 Å². The molecule has 34 heavy (non-hydrogen) atoms. The van der Waals surface area contributed by atoms with E-state index in [1.807, 2.05) is 36.4 Å². The number of carbonyl (C=O) groups excluding carboxylic acids is 2. The molecule has 4 rings (SSSR count). The number of nitrogens with one attached hydrogen (secondary N) is 1. The van der Waals surface area contributed by atoms with Crippen LogP contribution in [0.25, 0.3) is 22.3 Å². The van der Waals surface area contributed by atoms with Crippen LogP contribution in [-0.2, 0) is 9.53 Å². The lowest BCUT2D eigenvalue weighted by Crippen LogP contribution is -2.30. The van der Waals surface area contributed by atoms with E-state index in [-0.39, 0.29) is 22.0 Å². The summed E-state index contributed by atoms with van der Waals surface area (Å²) >= 11 is 0. The number of hydrogen-bond donors (Lipinski definition) is 1. The Morgan fingerprint density at radius 2 is 1.76 bits per heavy atom. The zero-order valence-corrected chi connectivity index (χ0v) is 18.5. The Bertz CT molecular complexity index is 1500. The van der Waals surface area contributed by atoms with E-state index in [9.17, 15) is 14.4 Å². The summed E-state index contributed by atoms with van der Waals surface area (Å²) in [5, 5.41) is 11.9. The molecular formula is C27H20N2O5. The third kappa shape index (κ3) is 4.43. The second-order valence-electron chi connectivity index (χ2n) is 7.66. The zero-order chi connectivity index (χ0) is 24.2. The molecular weight excluding hydrogens is 432 g/mol. The molecule has 4 aromatic rings. The van der Waals surface area contributed by atoms with Gasteiger partial charge in [0, 0.05) is 16.8 Å². The molecule has 1 aromatic heterocycles. The number of esters is 1. The van der Waals surface area contributed by atoms with E-state index in [0.29, 0.717) is 28.1 Å². The number of amides is 1. The van der Waals surface area contributed by atoms with Gasteiger partial charge in [0.25, 0.3) is 5.91 Å². The molecule has 168 valence electrons. The predicted octanol–water partition coefficient (Wildman–Crippen LogP) is 4.82. The number of nitrogens with zero attached hydrogens (tertiary/aromatic N) is 1. The second kappa shape index (κ2) is 9.43. The average molecular weight is 452 g/mol. The SMILES string of the molecule is Cc1c(-c2ccccc2)oc2c(C(=O)OC(C)C(=O)Nc3cccc(C#N)c3)cccc2c1=O. The highest BCUT2D eigenvalue weighted by molar-refractivity contribution is 6.04. The number of rotatable bonds is 5. The van der Waals surface area contributed by atoms with E-state index in [2.05, 4.69) is 5.32 Å². The number of anilines is 1. The lowest BCUT2D eigenvalue weighted by atomic mass is 10.0. The van der Waals surface area contributed by atoms with Gasteiger partial charge >= 0.3 is 5.97 Å². The first-order valence-corrected chi connectivity index (χ1v) is 10.5. The minimum atomic E-state index is -1.14. The van der Waals surface area contributed by atoms with Crippen molar-refractivity contribution in [1.82, 2.24) is 0 Å². The van der Waals surface area contributed by atoms with Crippen molar-refractivity contribution >= 4 is 28.5 Å². The lowest BCUT2D eigenvalue weighted by molar-refractivity contribution is -0.123. The number of fused-ring (bicyclic) bond motifs is 1. The van der Waals surface area contributed by atoms with Crippen LogP contribution in [0.4, 0.5) is 5.69 Å². The highest BCUT2D eigenvalue weighted by atomic mass is 16.5. The molecule has 1 N–H and O–H groups in total. The summed E-state index contributed by atoms with van der Waals surface area (Å²) in [5.41, 5.74) is 1.81. The molecule has 1 amide bonds. The van der Waals surface area contributed by atoms with Crippen LogP contribution in [-0.4, -0.2) is 18.0 Å². The van der Waals surface area contributed by atoms with Gasteiger partial charge in [-0.05, 0) is 44.2 Å². The average Bonchev–Trinajstić information content (AvgIpc) is 2.86. The predicted molar refractivity (Wildman–Crippen MR) is 127 cm³/mol. The van der Waals surface area contributed by atoms with Crippen molar-refractivity contribution in [3.05, 3.63) is 99.7 Å². The fourth-order valence-corrected chi connectivity index (χ4v) is 3.52. The summed E-state index contributed by atoms with van der Waals surface area (Å²) in [6.45, 7) is 3.11. The summed E-state index contributed by atoms with van der Waals surface area (Å²) < 4.78 is 11.4. The van der Waals surface area contributed by atoms with E-state index in [1.165, 1.54) is 19.1 Å². The maximum absolute atomic E-state index is 13.0. The molecule has 0 saturated carbocycles. The van der Waals surface area contributed by atoms with Gasteiger partial charge in [-0.2, -0.15) is 5.26 Å². The van der Waals surface area contributed by atoms with E-state index >= 15 is 0 Å². The Hall–Kier alpha value is -4.70. The second-order valence-corrected chi connectivity index (χ2v) is 7.66. The van der Waals surface area contributed by atoms with Crippen LogP contribution in [0.15, 0.2) is 82.0 Å². The number of para-hydroxylation sites is 1. The summed E-state index contributed by atoms with van der Waals surface area (Å²) in [5.74, 6) is -1.00. The molecule has 0 fully saturated rings. The molecule has 1 atom stereocenters. The third-order valence-corrected chi connectivity index (χ3v) is 5.31. The summed E-state index contributed by atoms with van der Waals surface area (Å²) in [4.78, 5) is 38.5. The summed E-state index contributed by atoms with van der Waals surface area (Å²) in [6, 6.07) is 22.1. The molecule has 1 unspecified atom stereocenters. The molecule has 3 aromatic carbocycles. The fourth-order valence-electron chi connectivity index (χ4n) is 3.52. The Morgan fingerprint density at radius 1 is 1.03 bits per heavy atom. The molecule has 1 heterocycles. The Morgan fingerprint density at radius 3 is 2.50 bits per heavy atom. The van der Waals surface area contributed by atoms with Gasteiger partial charge in [-0.25, -0.2) is 4.79 Å². The van der Waals surface area contributed by atoms with Gasteiger partial charge in [-0.15, -0.1) is 0 Å². The van der Waals surface area contributed by atoms with Crippen LogP contribution in [0.5, 0.6) is 0 Å². The molecule has 7 nitrogen and oxygen atoms in total. The highest BCUT2D eigenvalue weighted by Crippen LogP contribution is 2.27. The minimum Gasteiger partial charge on any atom is -0.455 e. The Kier molecular flexibility index (Phi) is 6.24. The first kappa shape index (κ1) is 22.5. The number of benzene rings is 3. The molecule has 0 spiro atoms. The lowest BCUT2D eigenvalue weighted by Gasteiger charge is -2.15. The van der Waals surface area contributed by atoms with Crippen LogP contribution >= 0.6 is 0 Å². The van der Waals surface area contributed by atoms with Gasteiger partial charge in [-0.3, -0.25) is 9.59 Å². The van der Waals surface area contributed by atoms with Gasteiger partial charge in [0.2, 0.25) is 0 Å². The minimum absolute atomic E-state index is 0.0397. The fraction of sp³-hybridized carbons (Fsp3) is 0.111. The maximum Gasteiger partial charge on any atom is 0.342 e. The van der Waals surface area contributed by atoms with Crippen LogP contribution in [0, 0.1) is 18.3 Å². The molecule has 7 heteroatoms. The first-order valence-electron chi connectivity index (χ1n) is 10.5. The van der Waals surface area contributed by atoms with E-state index < -0.39 is 18.0 Å². The van der Waals surface area contributed by atoms with Crippen LogP contribution in [0.1, 0.15) is 28.4 Å². The monoisotopic (exact) mass is 452 g/mol. The molecule has 0 aliphatic carbocycles. The highest BCUT2D eigenvalue weighted by Gasteiger charge is 2.23. The van der Waals surface area contributed by atoms with Crippen molar-refractivity contribution < 1.29 is 18.7 Å². The van der Waals surface area contributed by atoms with E-state index in [4.69, 9.17) is 14.4 Å². The topological polar surface area (TPSA) is 109 Å². The van der Waals surface area contributed by atoms with Crippen molar-refractivity contribution in [3.8, 4) is 17.4 Å². The van der Waals surface area contributed by atoms with Crippen LogP contribution < -0.4 is 10.7 Å². The smallest absolute Gasteiger partial charge is 0.342 e. The van der Waals surface area contributed by atoms with Crippen molar-refractivity contribution in [2.45, 2.75) is 20.0 Å². The number of ether oxygens (including phenoxy) is 1. The molecule has 0 radical (unpaired) electrons. The number of hydrogen-bond acceptors (Lipinski definition) is 6. The number of nitriles is 1. The van der Waals surface area contributed by atoms with Gasteiger partial charge in [-0.1, -0.05) is 42.5 Å². The van der Waals surface area contributed by atoms with Crippen molar-refractivity contribution in [1.29, 1.82) is 5.26 Å². The van der Waals surface area contributed by atoms with Crippen molar-refractivity contribution in [2.75, 3.05) is 5.32 Å². The maximum atomic E-state index is 13.0. The molecule has 0 saturated heterocycles. The zero-order valence-electron chi connectivity index (χ0n) is 18.5. The Balaban J connectivity index is 1.63. The standard InChI is InChI=1S/C27H20N2O5/c1-16-23(30)21-12-7-13-22(25(21)34-24(16)19-9-4-3-5-10-19)27(32)33-17(2)26(31)29-20-11-6-8-18(14-20)15-28/h3-14,17H,1-2H3,(H,29,31). The third-order valence-electron chi connectivity index (χ3n) is 5.31. The van der Waals surface area contributed by atoms with Gasteiger partial charge in [0.05, 0.1) is 17.0 Å². The van der Waals surface area contributed by atoms with Gasteiger partial charge in [0.1, 0.15) is 11.3 Å². The van der Waals surface area contributed by atoms with E-state index in [1.54, 1.807) is 37.3 Å². The quantitative estimate of drug-likeness (QED) is 0.435. The normalized spacial score (nSPS) is 11.4. The molecule has 0 aliphatic rings. The molecule has 0 aliphatic heterocycles. The Labute approximate surface area is 195 Å². The van der Waals surface area contributed by atoms with Crippen molar-refractivity contribution in [2.24, 2.45) is 0 Å². The van der Waals surface area contributed by atoms with Crippen LogP contribution in [0.2, 0.25) is 0 Å².